The Bertz CT molecular complexity index is 807. The summed E-state index contributed by atoms with van der Waals surface area (Å²) in [5.41, 5.74) is 1.41. The third kappa shape index (κ3) is 3.09. The Labute approximate surface area is 130 Å². The Balaban J connectivity index is 1.67. The minimum atomic E-state index is -0.291. The number of aromatic amines is 1. The molecule has 2 N–H and O–H groups in total. The van der Waals surface area contributed by atoms with Gasteiger partial charge in [0.15, 0.2) is 5.82 Å². The minimum Gasteiger partial charge on any atom is -0.467 e. The molecule has 0 atom stereocenters. The summed E-state index contributed by atoms with van der Waals surface area (Å²) in [7, 11) is 1.49. The van der Waals surface area contributed by atoms with Crippen molar-refractivity contribution in [1.82, 2.24) is 19.9 Å². The lowest BCUT2D eigenvalue weighted by Gasteiger charge is -2.07. The molecule has 6 nitrogen and oxygen atoms in total. The number of aromatic nitrogens is 4. The minimum absolute atomic E-state index is 0.242. The van der Waals surface area contributed by atoms with Crippen LogP contribution in [-0.4, -0.2) is 33.6 Å². The van der Waals surface area contributed by atoms with Gasteiger partial charge in [-0.15, -0.1) is 0 Å². The zero-order chi connectivity index (χ0) is 15.5. The van der Waals surface area contributed by atoms with Crippen molar-refractivity contribution < 1.29 is 9.13 Å². The number of halogens is 2. The van der Waals surface area contributed by atoms with E-state index in [1.807, 2.05) is 0 Å². The zero-order valence-electron chi connectivity index (χ0n) is 11.7. The molecule has 3 rings (SSSR count). The van der Waals surface area contributed by atoms with Crippen LogP contribution in [0.2, 0.25) is 5.02 Å². The van der Waals surface area contributed by atoms with Crippen LogP contribution in [0.5, 0.6) is 6.01 Å². The fraction of sp³-hybridized carbons (Fsp3) is 0.214. The second-order valence-electron chi connectivity index (χ2n) is 4.57. The number of nitrogens with zero attached hydrogens (tertiary/aromatic N) is 3. The van der Waals surface area contributed by atoms with E-state index in [4.69, 9.17) is 16.3 Å². The van der Waals surface area contributed by atoms with Gasteiger partial charge in [-0.1, -0.05) is 11.6 Å². The largest absolute Gasteiger partial charge is 0.467 e. The van der Waals surface area contributed by atoms with Gasteiger partial charge >= 0.3 is 6.01 Å². The fourth-order valence-corrected chi connectivity index (χ4v) is 2.18. The number of anilines is 1. The maximum atomic E-state index is 13.1. The van der Waals surface area contributed by atoms with E-state index in [0.29, 0.717) is 29.3 Å². The number of rotatable bonds is 5. The van der Waals surface area contributed by atoms with Gasteiger partial charge in [-0.05, 0) is 18.2 Å². The first-order chi connectivity index (χ1) is 10.7. The Morgan fingerprint density at radius 3 is 3.05 bits per heavy atom. The molecule has 0 fully saturated rings. The number of fused-ring (bicyclic) bond motifs is 1. The van der Waals surface area contributed by atoms with Crippen molar-refractivity contribution in [2.75, 3.05) is 19.0 Å². The molecule has 0 spiro atoms. The van der Waals surface area contributed by atoms with Gasteiger partial charge in [0.2, 0.25) is 0 Å². The van der Waals surface area contributed by atoms with Gasteiger partial charge in [0.1, 0.15) is 16.7 Å². The summed E-state index contributed by atoms with van der Waals surface area (Å²) >= 11 is 6.01. The van der Waals surface area contributed by atoms with Gasteiger partial charge in [-0.2, -0.15) is 4.98 Å². The summed E-state index contributed by atoms with van der Waals surface area (Å²) in [6, 6.07) is 4.69. The highest BCUT2D eigenvalue weighted by atomic mass is 35.5. The van der Waals surface area contributed by atoms with E-state index in [9.17, 15) is 4.39 Å². The molecule has 1 aromatic carbocycles. The molecule has 0 bridgehead atoms. The van der Waals surface area contributed by atoms with Crippen molar-refractivity contribution in [2.45, 2.75) is 6.42 Å². The Morgan fingerprint density at radius 2 is 2.23 bits per heavy atom. The summed E-state index contributed by atoms with van der Waals surface area (Å²) in [6.07, 6.45) is 2.08. The number of imidazole rings is 1. The van der Waals surface area contributed by atoms with Gasteiger partial charge in [0.05, 0.1) is 24.3 Å². The predicted octanol–water partition coefficient (Wildman–Crippen LogP) is 2.81. The van der Waals surface area contributed by atoms with Crippen LogP contribution in [-0.2, 0) is 6.42 Å². The van der Waals surface area contributed by atoms with E-state index in [0.717, 1.165) is 11.3 Å². The lowest BCUT2D eigenvalue weighted by molar-refractivity contribution is 0.380. The van der Waals surface area contributed by atoms with E-state index in [2.05, 4.69) is 25.3 Å². The smallest absolute Gasteiger partial charge is 0.318 e. The topological polar surface area (TPSA) is 75.7 Å². The average Bonchev–Trinajstić information content (AvgIpc) is 2.91. The first-order valence-electron chi connectivity index (χ1n) is 6.60. The zero-order valence-corrected chi connectivity index (χ0v) is 12.5. The lowest BCUT2D eigenvalue weighted by atomic mass is 10.3. The molecule has 22 heavy (non-hydrogen) atoms. The molecule has 3 aromatic rings. The van der Waals surface area contributed by atoms with E-state index in [1.54, 1.807) is 6.07 Å². The average molecular weight is 322 g/mol. The van der Waals surface area contributed by atoms with Crippen molar-refractivity contribution in [3.63, 3.8) is 0 Å². The van der Waals surface area contributed by atoms with Crippen LogP contribution < -0.4 is 10.1 Å². The Kier molecular flexibility index (Phi) is 4.06. The summed E-state index contributed by atoms with van der Waals surface area (Å²) in [4.78, 5) is 15.5. The molecule has 0 unspecified atom stereocenters. The van der Waals surface area contributed by atoms with Crippen molar-refractivity contribution in [1.29, 1.82) is 0 Å². The fourth-order valence-electron chi connectivity index (χ4n) is 2.03. The van der Waals surface area contributed by atoms with Crippen molar-refractivity contribution in [3.05, 3.63) is 41.1 Å². The second-order valence-corrected chi connectivity index (χ2v) is 4.98. The Morgan fingerprint density at radius 1 is 1.36 bits per heavy atom. The number of nitrogens with one attached hydrogen (secondary N) is 2. The Hall–Kier alpha value is -2.41. The van der Waals surface area contributed by atoms with Crippen LogP contribution in [0.4, 0.5) is 10.2 Å². The monoisotopic (exact) mass is 321 g/mol. The number of H-pyrrole nitrogens is 1. The molecule has 0 saturated carbocycles. The van der Waals surface area contributed by atoms with Crippen LogP contribution >= 0.6 is 11.6 Å². The molecule has 114 valence electrons. The summed E-state index contributed by atoms with van der Waals surface area (Å²) in [5.74, 6) is 0.960. The number of benzene rings is 1. The molecule has 0 radical (unpaired) electrons. The third-order valence-electron chi connectivity index (χ3n) is 3.05. The second kappa shape index (κ2) is 6.15. The van der Waals surface area contributed by atoms with Crippen LogP contribution in [0.15, 0.2) is 24.4 Å². The molecular weight excluding hydrogens is 309 g/mol. The van der Waals surface area contributed by atoms with Crippen LogP contribution in [0, 0.1) is 5.82 Å². The van der Waals surface area contributed by atoms with Gasteiger partial charge in [-0.3, -0.25) is 0 Å². The summed E-state index contributed by atoms with van der Waals surface area (Å²) in [5, 5.41) is 3.50. The SMILES string of the molecule is COc1ncc(Cl)c(NCCc2nc3ccc(F)cc3[nH]2)n1. The third-order valence-corrected chi connectivity index (χ3v) is 3.33. The summed E-state index contributed by atoms with van der Waals surface area (Å²) in [6.45, 7) is 0.558. The first kappa shape index (κ1) is 14.5. The molecule has 0 aliphatic carbocycles. The maximum absolute atomic E-state index is 13.1. The quantitative estimate of drug-likeness (QED) is 0.755. The van der Waals surface area contributed by atoms with Crippen molar-refractivity contribution >= 4 is 28.5 Å². The maximum Gasteiger partial charge on any atom is 0.318 e. The lowest BCUT2D eigenvalue weighted by Crippen LogP contribution is -2.08. The number of methoxy groups -OCH3 is 1. The molecule has 2 heterocycles. The normalized spacial score (nSPS) is 10.9. The highest BCUT2D eigenvalue weighted by Crippen LogP contribution is 2.20. The van der Waals surface area contributed by atoms with Crippen LogP contribution in [0.1, 0.15) is 5.82 Å². The van der Waals surface area contributed by atoms with Gasteiger partial charge < -0.3 is 15.0 Å². The summed E-state index contributed by atoms with van der Waals surface area (Å²) < 4.78 is 18.1. The van der Waals surface area contributed by atoms with Crippen molar-refractivity contribution in [2.24, 2.45) is 0 Å². The van der Waals surface area contributed by atoms with Crippen LogP contribution in [0.3, 0.4) is 0 Å². The standard InChI is InChI=1S/C14H13ClFN5O/c1-22-14-18-7-9(15)13(21-14)17-5-4-12-19-10-3-2-8(16)6-11(10)20-12/h2-3,6-7H,4-5H2,1H3,(H,19,20)(H,17,18,21). The van der Waals surface area contributed by atoms with Gasteiger partial charge in [0.25, 0.3) is 0 Å². The first-order valence-corrected chi connectivity index (χ1v) is 6.98. The van der Waals surface area contributed by atoms with E-state index in [1.165, 1.54) is 25.4 Å². The van der Waals surface area contributed by atoms with E-state index < -0.39 is 0 Å². The molecule has 0 aliphatic rings. The highest BCUT2D eigenvalue weighted by molar-refractivity contribution is 6.32. The molecule has 0 aliphatic heterocycles. The molecule has 0 amide bonds. The molecule has 8 heteroatoms. The molecule has 2 aromatic heterocycles. The number of hydrogen-bond donors (Lipinski definition) is 2. The molecule has 0 saturated heterocycles. The number of hydrogen-bond acceptors (Lipinski definition) is 5. The highest BCUT2D eigenvalue weighted by Gasteiger charge is 2.07. The van der Waals surface area contributed by atoms with Gasteiger partial charge in [-0.25, -0.2) is 14.4 Å². The van der Waals surface area contributed by atoms with E-state index in [-0.39, 0.29) is 11.8 Å². The van der Waals surface area contributed by atoms with Gasteiger partial charge in [0, 0.05) is 13.0 Å². The number of ether oxygens (including phenoxy) is 1. The van der Waals surface area contributed by atoms with Crippen LogP contribution in [0.25, 0.3) is 11.0 Å². The molecular formula is C14H13ClFN5O. The van der Waals surface area contributed by atoms with Crippen molar-refractivity contribution in [3.8, 4) is 6.01 Å². The predicted molar refractivity (Wildman–Crippen MR) is 81.8 cm³/mol. The van der Waals surface area contributed by atoms with E-state index >= 15 is 0 Å².